The number of ether oxygens (including phenoxy) is 5. The minimum absolute atomic E-state index is 0.000186. The number of H-pyrrole nitrogens is 1. The summed E-state index contributed by atoms with van der Waals surface area (Å²) in [7, 11) is 0. The van der Waals surface area contributed by atoms with Gasteiger partial charge in [-0.25, -0.2) is 4.98 Å². The fourth-order valence-corrected chi connectivity index (χ4v) is 2.85. The number of fused-ring (bicyclic) bond motifs is 2. The maximum Gasteiger partial charge on any atom is 0.176 e. The van der Waals surface area contributed by atoms with Crippen LogP contribution in [0.3, 0.4) is 0 Å². The minimum atomic E-state index is 0.000186. The molecule has 0 aliphatic carbocycles. The number of nitrogens with one attached hydrogen (secondary N) is 1. The van der Waals surface area contributed by atoms with Crippen molar-refractivity contribution in [3.63, 3.8) is 0 Å². The predicted octanol–water partition coefficient (Wildman–Crippen LogP) is 2.73. The highest BCUT2D eigenvalue weighted by Gasteiger charge is 2.20. The fraction of sp³-hybridized carbons (Fsp3) is 0.900. The third-order valence-electron chi connectivity index (χ3n) is 5.30. The molecule has 0 aromatic carbocycles. The molecule has 0 fully saturated rings. The molecule has 0 radical (unpaired) electrons. The molecule has 0 saturated heterocycles. The summed E-state index contributed by atoms with van der Waals surface area (Å²) in [5.41, 5.74) is 0. The van der Waals surface area contributed by atoms with E-state index in [0.717, 1.165) is 12.8 Å². The van der Waals surface area contributed by atoms with Crippen LogP contribution in [-0.2, 0) is 36.9 Å². The fourth-order valence-electron chi connectivity index (χ4n) is 2.85. The maximum atomic E-state index is 6.05. The van der Waals surface area contributed by atoms with E-state index in [4.69, 9.17) is 23.7 Å². The van der Waals surface area contributed by atoms with Gasteiger partial charge < -0.3 is 23.7 Å². The molecule has 1 aromatic rings. The number of aromatic amines is 1. The van der Waals surface area contributed by atoms with Crippen LogP contribution in [0.5, 0.6) is 0 Å². The summed E-state index contributed by atoms with van der Waals surface area (Å²) in [4.78, 5) is 4.49. The molecule has 1 aliphatic heterocycles. The number of aromatic nitrogens is 3. The van der Waals surface area contributed by atoms with Crippen molar-refractivity contribution in [2.24, 2.45) is 11.8 Å². The van der Waals surface area contributed by atoms with Crippen LogP contribution in [0.4, 0.5) is 0 Å². The van der Waals surface area contributed by atoms with Gasteiger partial charge in [0.05, 0.1) is 51.8 Å². The van der Waals surface area contributed by atoms with Crippen LogP contribution in [0.1, 0.15) is 52.2 Å². The molecule has 2 bridgehead atoms. The predicted molar refractivity (Wildman–Crippen MR) is 105 cm³/mol. The third kappa shape index (κ3) is 8.13. The van der Waals surface area contributed by atoms with Gasteiger partial charge in [-0.05, 0) is 11.8 Å². The van der Waals surface area contributed by atoms with Gasteiger partial charge in [0, 0.05) is 0 Å². The van der Waals surface area contributed by atoms with Crippen molar-refractivity contribution >= 4 is 0 Å². The van der Waals surface area contributed by atoms with Gasteiger partial charge in [0.2, 0.25) is 0 Å². The number of hydrogen-bond donors (Lipinski definition) is 1. The van der Waals surface area contributed by atoms with Crippen molar-refractivity contribution in [1.29, 1.82) is 0 Å². The van der Waals surface area contributed by atoms with E-state index in [1.54, 1.807) is 0 Å². The molecule has 2 unspecified atom stereocenters. The Hall–Kier alpha value is -1.06. The summed E-state index contributed by atoms with van der Waals surface area (Å²) >= 11 is 0. The van der Waals surface area contributed by atoms with Crippen molar-refractivity contribution in [2.45, 2.75) is 66.0 Å². The zero-order valence-electron chi connectivity index (χ0n) is 17.8. The molecule has 1 N–H and O–H groups in total. The second kappa shape index (κ2) is 13.2. The van der Waals surface area contributed by atoms with E-state index in [1.807, 2.05) is 0 Å². The number of hydrogen-bond acceptors (Lipinski definition) is 7. The van der Waals surface area contributed by atoms with Crippen LogP contribution < -0.4 is 0 Å². The van der Waals surface area contributed by atoms with Crippen LogP contribution in [0.15, 0.2) is 0 Å². The first-order valence-corrected chi connectivity index (χ1v) is 10.5. The number of nitrogens with zero attached hydrogens (tertiary/aromatic N) is 2. The molecule has 28 heavy (non-hydrogen) atoms. The third-order valence-corrected chi connectivity index (χ3v) is 5.30. The van der Waals surface area contributed by atoms with E-state index in [0.29, 0.717) is 76.3 Å². The Morgan fingerprint density at radius 3 is 1.96 bits per heavy atom. The lowest BCUT2D eigenvalue weighted by atomic mass is 10.0. The standard InChI is InChI=1S/C20H37N3O5/c1-5-15(3)17-11-25-9-7-24-8-10-26-12-18(16(4)6-2)28-14-20-21-19(13-27-17)22-23-20/h15-18H,5-14H2,1-4H3,(H,21,22,23)/t15?,16?,17-,18-/m0/s1. The lowest BCUT2D eigenvalue weighted by molar-refractivity contribution is -0.0743. The highest BCUT2D eigenvalue weighted by Crippen LogP contribution is 2.15. The summed E-state index contributed by atoms with van der Waals surface area (Å²) in [6.45, 7) is 12.6. The van der Waals surface area contributed by atoms with E-state index < -0.39 is 0 Å². The molecule has 162 valence electrons. The van der Waals surface area contributed by atoms with Crippen LogP contribution in [-0.4, -0.2) is 67.0 Å². The largest absolute Gasteiger partial charge is 0.377 e. The van der Waals surface area contributed by atoms with E-state index in [2.05, 4.69) is 42.9 Å². The van der Waals surface area contributed by atoms with Crippen molar-refractivity contribution < 1.29 is 23.7 Å². The van der Waals surface area contributed by atoms with Crippen molar-refractivity contribution in [3.8, 4) is 0 Å². The SMILES string of the molecule is CCC(C)[C@@H]1COCCOCCOC[C@@H](C(C)CC)OCc2nc(n[nH]2)CO1. The van der Waals surface area contributed by atoms with E-state index in [9.17, 15) is 0 Å². The highest BCUT2D eigenvalue weighted by atomic mass is 16.6. The quantitative estimate of drug-likeness (QED) is 0.833. The van der Waals surface area contributed by atoms with Gasteiger partial charge >= 0.3 is 0 Å². The first-order chi connectivity index (χ1) is 13.6. The molecule has 2 rings (SSSR count). The van der Waals surface area contributed by atoms with Gasteiger partial charge in [-0.1, -0.05) is 40.5 Å². The summed E-state index contributed by atoms with van der Waals surface area (Å²) in [5, 5.41) is 7.20. The molecule has 0 amide bonds. The lowest BCUT2D eigenvalue weighted by Gasteiger charge is -2.23. The summed E-state index contributed by atoms with van der Waals surface area (Å²) < 4.78 is 29.2. The first kappa shape index (κ1) is 23.2. The van der Waals surface area contributed by atoms with Crippen LogP contribution >= 0.6 is 0 Å². The van der Waals surface area contributed by atoms with Crippen LogP contribution in [0, 0.1) is 11.8 Å². The minimum Gasteiger partial charge on any atom is -0.377 e. The molecule has 0 saturated carbocycles. The Balaban J connectivity index is 1.98. The summed E-state index contributed by atoms with van der Waals surface area (Å²) in [6.07, 6.45) is 2.05. The Morgan fingerprint density at radius 1 is 0.857 bits per heavy atom. The molecule has 2 heterocycles. The van der Waals surface area contributed by atoms with Gasteiger partial charge in [-0.2, -0.15) is 5.10 Å². The van der Waals surface area contributed by atoms with Crippen LogP contribution in [0.2, 0.25) is 0 Å². The highest BCUT2D eigenvalue weighted by molar-refractivity contribution is 4.88. The van der Waals surface area contributed by atoms with Gasteiger partial charge in [0.15, 0.2) is 11.6 Å². The molecular formula is C20H37N3O5. The van der Waals surface area contributed by atoms with Crippen molar-refractivity contribution in [3.05, 3.63) is 11.6 Å². The molecule has 4 atom stereocenters. The summed E-state index contributed by atoms with van der Waals surface area (Å²) in [6, 6.07) is 0. The second-order valence-corrected chi connectivity index (χ2v) is 7.43. The monoisotopic (exact) mass is 399 g/mol. The average Bonchev–Trinajstić information content (AvgIpc) is 3.17. The van der Waals surface area contributed by atoms with E-state index >= 15 is 0 Å². The lowest BCUT2D eigenvalue weighted by Crippen LogP contribution is -2.29. The molecule has 8 nitrogen and oxygen atoms in total. The van der Waals surface area contributed by atoms with E-state index in [-0.39, 0.29) is 12.2 Å². The molecule has 1 aliphatic rings. The van der Waals surface area contributed by atoms with Crippen molar-refractivity contribution in [2.75, 3.05) is 39.6 Å². The Morgan fingerprint density at radius 2 is 1.39 bits per heavy atom. The van der Waals surface area contributed by atoms with Crippen molar-refractivity contribution in [1.82, 2.24) is 15.2 Å². The first-order valence-electron chi connectivity index (χ1n) is 10.5. The van der Waals surface area contributed by atoms with Gasteiger partial charge in [0.1, 0.15) is 13.2 Å². The molecular weight excluding hydrogens is 362 g/mol. The molecule has 8 heteroatoms. The van der Waals surface area contributed by atoms with Gasteiger partial charge in [-0.15, -0.1) is 0 Å². The smallest absolute Gasteiger partial charge is 0.176 e. The van der Waals surface area contributed by atoms with E-state index in [1.165, 1.54) is 0 Å². The normalized spacial score (nSPS) is 26.1. The Labute approximate surface area is 168 Å². The maximum absolute atomic E-state index is 6.05. The van der Waals surface area contributed by atoms with Gasteiger partial charge in [-0.3, -0.25) is 5.10 Å². The number of rotatable bonds is 4. The second-order valence-electron chi connectivity index (χ2n) is 7.43. The topological polar surface area (TPSA) is 87.7 Å². The van der Waals surface area contributed by atoms with Gasteiger partial charge in [0.25, 0.3) is 0 Å². The zero-order valence-corrected chi connectivity index (χ0v) is 17.8. The average molecular weight is 400 g/mol. The molecule has 0 spiro atoms. The Bertz CT molecular complexity index is 485. The zero-order chi connectivity index (χ0) is 20.2. The molecule has 1 aromatic heterocycles. The Kier molecular flexibility index (Phi) is 11.0. The van der Waals surface area contributed by atoms with Crippen LogP contribution in [0.25, 0.3) is 0 Å². The summed E-state index contributed by atoms with van der Waals surface area (Å²) in [5.74, 6) is 2.11.